The van der Waals surface area contributed by atoms with Gasteiger partial charge in [-0.25, -0.2) is 9.97 Å². The van der Waals surface area contributed by atoms with Crippen molar-refractivity contribution in [2.45, 2.75) is 36.0 Å². The van der Waals surface area contributed by atoms with E-state index in [4.69, 9.17) is 9.97 Å². The summed E-state index contributed by atoms with van der Waals surface area (Å²) in [5.41, 5.74) is 11.1. The summed E-state index contributed by atoms with van der Waals surface area (Å²) >= 11 is 3.63. The van der Waals surface area contributed by atoms with E-state index in [1.54, 1.807) is 0 Å². The molecule has 1 aliphatic heterocycles. The Kier molecular flexibility index (Phi) is 7.64. The minimum absolute atomic E-state index is 0.286. The van der Waals surface area contributed by atoms with E-state index in [1.807, 2.05) is 22.7 Å². The van der Waals surface area contributed by atoms with Crippen molar-refractivity contribution in [1.82, 2.24) is 9.97 Å². The van der Waals surface area contributed by atoms with Gasteiger partial charge in [-0.1, -0.05) is 147 Å². The Balaban J connectivity index is 1.31. The zero-order valence-electron chi connectivity index (χ0n) is 27.5. The average Bonchev–Trinajstić information content (AvgIpc) is 3.84. The molecule has 49 heavy (non-hydrogen) atoms. The summed E-state index contributed by atoms with van der Waals surface area (Å²) in [5, 5.41) is 2.23. The van der Waals surface area contributed by atoms with Gasteiger partial charge < -0.3 is 0 Å². The number of hydrogen-bond donors (Lipinski definition) is 0. The van der Waals surface area contributed by atoms with E-state index in [1.165, 1.54) is 42.8 Å². The van der Waals surface area contributed by atoms with Gasteiger partial charge in [0, 0.05) is 11.1 Å². The van der Waals surface area contributed by atoms with Crippen molar-refractivity contribution in [2.75, 3.05) is 0 Å². The van der Waals surface area contributed by atoms with E-state index in [2.05, 4.69) is 171 Å². The molecule has 1 aliphatic rings. The van der Waals surface area contributed by atoms with Gasteiger partial charge in [0.2, 0.25) is 0 Å². The molecule has 0 bridgehead atoms. The highest BCUT2D eigenvalue weighted by Crippen LogP contribution is 2.65. The summed E-state index contributed by atoms with van der Waals surface area (Å²) in [7, 11) is -2.23. The van der Waals surface area contributed by atoms with Gasteiger partial charge >= 0.3 is 0 Å². The van der Waals surface area contributed by atoms with Crippen LogP contribution in [0.4, 0.5) is 0 Å². The van der Waals surface area contributed by atoms with Crippen LogP contribution in [0.5, 0.6) is 0 Å². The third-order valence-electron chi connectivity index (χ3n) is 10.7. The topological polar surface area (TPSA) is 25.8 Å². The van der Waals surface area contributed by atoms with Gasteiger partial charge in [0.05, 0.1) is 28.5 Å². The van der Waals surface area contributed by atoms with Crippen molar-refractivity contribution in [2.24, 2.45) is 0 Å². The van der Waals surface area contributed by atoms with Gasteiger partial charge in [-0.2, -0.15) is 0 Å². The monoisotopic (exact) mass is 684 g/mol. The SMILES string of the molecule is C[Si]1(C)C(c2ccccc2-c2nc3ccccc3s2)C(c2ccccc2)C(c2ccccc2)C1c1ccccc1-c1nc2ccccc2s1. The van der Waals surface area contributed by atoms with E-state index >= 15 is 0 Å². The summed E-state index contributed by atoms with van der Waals surface area (Å²) in [5.74, 6) is 0.573. The highest BCUT2D eigenvalue weighted by Gasteiger charge is 2.59. The standard InChI is InChI=1S/C44H36N2S2Si/c1-49(2)41(31-21-9-11-23-33(31)43-45-35-25-13-15-27-37(35)47-43)39(29-17-5-3-6-18-29)40(30-19-7-4-8-20-30)42(49)32-22-10-12-24-34(32)44-46-36-26-14-16-28-38(36)48-44/h3-28,39-42H,1-2H3. The van der Waals surface area contributed by atoms with Crippen molar-refractivity contribution in [3.05, 3.63) is 180 Å². The Hall–Kier alpha value is -4.68. The maximum absolute atomic E-state index is 5.22. The highest BCUT2D eigenvalue weighted by atomic mass is 32.1. The summed E-state index contributed by atoms with van der Waals surface area (Å²) in [4.78, 5) is 10.4. The molecule has 1 fully saturated rings. The molecule has 2 nitrogen and oxygen atoms in total. The summed E-state index contributed by atoms with van der Waals surface area (Å²) < 4.78 is 2.47. The lowest BCUT2D eigenvalue weighted by atomic mass is 9.74. The number of fused-ring (bicyclic) bond motifs is 2. The molecule has 0 N–H and O–H groups in total. The molecule has 0 amide bonds. The van der Waals surface area contributed by atoms with E-state index in [-0.39, 0.29) is 11.8 Å². The van der Waals surface area contributed by atoms with Crippen LogP contribution >= 0.6 is 22.7 Å². The molecule has 1 saturated heterocycles. The van der Waals surface area contributed by atoms with Gasteiger partial charge in [0.1, 0.15) is 10.0 Å². The third kappa shape index (κ3) is 5.19. The molecule has 3 heterocycles. The van der Waals surface area contributed by atoms with Gasteiger partial charge in [0.15, 0.2) is 0 Å². The molecule has 0 spiro atoms. The third-order valence-corrected chi connectivity index (χ3v) is 17.4. The maximum Gasteiger partial charge on any atom is 0.124 e. The normalized spacial score (nSPS) is 20.2. The Bertz CT molecular complexity index is 2180. The fourth-order valence-corrected chi connectivity index (χ4v) is 15.9. The van der Waals surface area contributed by atoms with Gasteiger partial charge in [0.25, 0.3) is 0 Å². The van der Waals surface area contributed by atoms with Crippen LogP contribution in [-0.4, -0.2) is 18.0 Å². The molecule has 9 rings (SSSR count). The molecule has 4 atom stereocenters. The molecule has 0 saturated carbocycles. The van der Waals surface area contributed by atoms with Crippen LogP contribution in [0.2, 0.25) is 13.1 Å². The van der Waals surface area contributed by atoms with Gasteiger partial charge in [-0.15, -0.1) is 22.7 Å². The smallest absolute Gasteiger partial charge is 0.124 e. The van der Waals surface area contributed by atoms with Crippen LogP contribution in [0.25, 0.3) is 41.6 Å². The van der Waals surface area contributed by atoms with Crippen molar-refractivity contribution in [3.63, 3.8) is 0 Å². The summed E-state index contributed by atoms with van der Waals surface area (Å²) in [6.07, 6.45) is 0. The Labute approximate surface area is 296 Å². The molecular weight excluding hydrogens is 649 g/mol. The van der Waals surface area contributed by atoms with Crippen molar-refractivity contribution in [1.29, 1.82) is 0 Å². The molecule has 8 aromatic rings. The lowest BCUT2D eigenvalue weighted by Crippen LogP contribution is -2.38. The summed E-state index contributed by atoms with van der Waals surface area (Å²) in [6.45, 7) is 5.32. The van der Waals surface area contributed by atoms with E-state index in [0.717, 1.165) is 21.0 Å². The lowest BCUT2D eigenvalue weighted by Gasteiger charge is -2.35. The van der Waals surface area contributed by atoms with Gasteiger partial charge in [-0.05, 0) is 69.4 Å². The minimum Gasteiger partial charge on any atom is -0.236 e. The summed E-state index contributed by atoms with van der Waals surface area (Å²) in [6, 6.07) is 58.2. The molecule has 0 aliphatic carbocycles. The first-order valence-corrected chi connectivity index (χ1v) is 21.9. The predicted molar refractivity (Wildman–Crippen MR) is 211 cm³/mol. The molecule has 2 aromatic heterocycles. The molecule has 238 valence electrons. The molecule has 4 unspecified atom stereocenters. The molecule has 5 heteroatoms. The average molecular weight is 685 g/mol. The second-order valence-corrected chi connectivity index (χ2v) is 20.7. The Morgan fingerprint density at radius 2 is 0.796 bits per heavy atom. The first-order valence-electron chi connectivity index (χ1n) is 17.1. The number of nitrogens with zero attached hydrogens (tertiary/aromatic N) is 2. The zero-order chi connectivity index (χ0) is 33.0. The predicted octanol–water partition coefficient (Wildman–Crippen LogP) is 12.5. The quantitative estimate of drug-likeness (QED) is 0.163. The van der Waals surface area contributed by atoms with Crippen LogP contribution < -0.4 is 0 Å². The molecular formula is C44H36N2S2Si. The Morgan fingerprint density at radius 1 is 0.429 bits per heavy atom. The molecule has 0 radical (unpaired) electrons. The number of benzene rings is 6. The highest BCUT2D eigenvalue weighted by molar-refractivity contribution is 7.22. The first kappa shape index (κ1) is 30.4. The second kappa shape index (κ2) is 12.3. The number of thiazole rings is 2. The number of aromatic nitrogens is 2. The van der Waals surface area contributed by atoms with Crippen LogP contribution in [0.3, 0.4) is 0 Å². The number of para-hydroxylation sites is 2. The van der Waals surface area contributed by atoms with Crippen LogP contribution in [0.1, 0.15) is 45.2 Å². The van der Waals surface area contributed by atoms with E-state index < -0.39 is 8.07 Å². The van der Waals surface area contributed by atoms with Crippen molar-refractivity contribution < 1.29 is 0 Å². The van der Waals surface area contributed by atoms with Crippen LogP contribution in [0, 0.1) is 0 Å². The number of rotatable bonds is 6. The molecule has 6 aromatic carbocycles. The second-order valence-electron chi connectivity index (χ2n) is 13.8. The van der Waals surface area contributed by atoms with Crippen LogP contribution in [-0.2, 0) is 0 Å². The largest absolute Gasteiger partial charge is 0.236 e. The van der Waals surface area contributed by atoms with Crippen LogP contribution in [0.15, 0.2) is 158 Å². The fraction of sp³-hybridized carbons (Fsp3) is 0.136. The zero-order valence-corrected chi connectivity index (χ0v) is 30.2. The Morgan fingerprint density at radius 3 is 1.22 bits per heavy atom. The maximum atomic E-state index is 5.22. The van der Waals surface area contributed by atoms with E-state index in [9.17, 15) is 0 Å². The first-order chi connectivity index (χ1) is 24.1. The number of hydrogen-bond acceptors (Lipinski definition) is 4. The van der Waals surface area contributed by atoms with Crippen molar-refractivity contribution in [3.8, 4) is 21.1 Å². The fourth-order valence-electron chi connectivity index (χ4n) is 8.77. The lowest BCUT2D eigenvalue weighted by molar-refractivity contribution is 0.554. The van der Waals surface area contributed by atoms with E-state index in [0.29, 0.717) is 11.1 Å². The van der Waals surface area contributed by atoms with Crippen molar-refractivity contribution >= 4 is 51.2 Å². The minimum atomic E-state index is -2.23. The van der Waals surface area contributed by atoms with Gasteiger partial charge in [-0.3, -0.25) is 0 Å².